The van der Waals surface area contributed by atoms with Crippen LogP contribution in [0.25, 0.3) is 11.6 Å². The van der Waals surface area contributed by atoms with E-state index < -0.39 is 11.8 Å². The van der Waals surface area contributed by atoms with Crippen LogP contribution in [0.5, 0.6) is 11.5 Å². The Labute approximate surface area is 319 Å². The van der Waals surface area contributed by atoms with Crippen molar-refractivity contribution in [2.24, 2.45) is 17.8 Å². The molecule has 272 valence electrons. The van der Waals surface area contributed by atoms with E-state index in [1.165, 1.54) is 5.56 Å². The number of aromatic nitrogens is 1. The third-order valence-corrected chi connectivity index (χ3v) is 11.9. The van der Waals surface area contributed by atoms with Gasteiger partial charge in [-0.3, -0.25) is 24.4 Å². The summed E-state index contributed by atoms with van der Waals surface area (Å²) in [6.45, 7) is 3.32. The highest BCUT2D eigenvalue weighted by molar-refractivity contribution is 9.10. The number of imide groups is 1. The van der Waals surface area contributed by atoms with Crippen LogP contribution in [0.3, 0.4) is 0 Å². The maximum absolute atomic E-state index is 14.4. The van der Waals surface area contributed by atoms with Gasteiger partial charge in [0.25, 0.3) is 0 Å². The number of piperidine rings is 1. The van der Waals surface area contributed by atoms with Gasteiger partial charge in [-0.05, 0) is 103 Å². The molecule has 4 atom stereocenters. The van der Waals surface area contributed by atoms with Crippen LogP contribution in [0.1, 0.15) is 48.9 Å². The van der Waals surface area contributed by atoms with E-state index in [-0.39, 0.29) is 35.6 Å². The second-order valence-corrected chi connectivity index (χ2v) is 15.5. The van der Waals surface area contributed by atoms with Gasteiger partial charge in [0.15, 0.2) is 0 Å². The summed E-state index contributed by atoms with van der Waals surface area (Å²) < 4.78 is 13.8. The standard InChI is InChI=1S/C44H44BrN3O5/c45-33-15-16-39(49)31(24-33)23-30(38-13-7-8-20-46-38)14-17-40-41-32(27-52-35-11-5-2-6-12-35)25-36-42(37(41)28-53-40)44(51)48(43(36)50)34-18-21-47(22-19-34)26-29-9-3-1-4-10-29/h1-13,15-16,20,23-24,34,36-37,40,42,49H,14,17-19,21-22,25-28H2/b30-23-/t36-,37+,40-,42-/m1/s1. The third-order valence-electron chi connectivity index (χ3n) is 11.4. The van der Waals surface area contributed by atoms with Crippen LogP contribution in [0.4, 0.5) is 0 Å². The van der Waals surface area contributed by atoms with E-state index in [1.54, 1.807) is 17.2 Å². The topological polar surface area (TPSA) is 92.2 Å². The number of hydrogen-bond acceptors (Lipinski definition) is 7. The average Bonchev–Trinajstić information content (AvgIpc) is 3.72. The first-order valence-corrected chi connectivity index (χ1v) is 19.5. The summed E-state index contributed by atoms with van der Waals surface area (Å²) in [5, 5.41) is 10.7. The number of phenols is 1. The number of rotatable bonds is 11. The van der Waals surface area contributed by atoms with E-state index in [2.05, 4.69) is 50.1 Å². The van der Waals surface area contributed by atoms with Crippen LogP contribution >= 0.6 is 15.9 Å². The highest BCUT2D eigenvalue weighted by Gasteiger charge is 2.58. The number of ether oxygens (including phenoxy) is 2. The molecule has 1 aliphatic carbocycles. The van der Waals surface area contributed by atoms with E-state index >= 15 is 0 Å². The Balaban J connectivity index is 1.04. The molecule has 4 heterocycles. The van der Waals surface area contributed by atoms with Crippen molar-refractivity contribution in [3.8, 4) is 11.5 Å². The predicted octanol–water partition coefficient (Wildman–Crippen LogP) is 7.93. The van der Waals surface area contributed by atoms with Crippen LogP contribution in [0.2, 0.25) is 0 Å². The van der Waals surface area contributed by atoms with Crippen molar-refractivity contribution < 1.29 is 24.2 Å². The Morgan fingerprint density at radius 1 is 0.925 bits per heavy atom. The first kappa shape index (κ1) is 35.5. The van der Waals surface area contributed by atoms with Gasteiger partial charge in [0.1, 0.15) is 18.1 Å². The summed E-state index contributed by atoms with van der Waals surface area (Å²) >= 11 is 3.54. The van der Waals surface area contributed by atoms with Crippen molar-refractivity contribution in [2.45, 2.75) is 50.8 Å². The lowest BCUT2D eigenvalue weighted by Crippen LogP contribution is -2.47. The quantitative estimate of drug-likeness (QED) is 0.122. The molecule has 0 bridgehead atoms. The Bertz CT molecular complexity index is 2000. The molecule has 3 aromatic carbocycles. The minimum atomic E-state index is -0.422. The van der Waals surface area contributed by atoms with Gasteiger partial charge in [0, 0.05) is 47.8 Å². The van der Waals surface area contributed by atoms with E-state index in [9.17, 15) is 14.7 Å². The molecule has 4 aromatic rings. The molecule has 0 unspecified atom stereocenters. The molecule has 0 radical (unpaired) electrons. The van der Waals surface area contributed by atoms with Gasteiger partial charge in [-0.2, -0.15) is 0 Å². The number of carbonyl (C=O) groups is 2. The minimum absolute atomic E-state index is 0.0320. The molecule has 8 rings (SSSR count). The Hall–Kier alpha value is -4.57. The zero-order valence-corrected chi connectivity index (χ0v) is 31.2. The van der Waals surface area contributed by atoms with E-state index in [1.807, 2.05) is 72.8 Å². The summed E-state index contributed by atoms with van der Waals surface area (Å²) in [5.74, 6) is -0.110. The highest BCUT2D eigenvalue weighted by atomic mass is 79.9. The number of nitrogens with zero attached hydrogens (tertiary/aromatic N) is 3. The van der Waals surface area contributed by atoms with Crippen LogP contribution in [0, 0.1) is 17.8 Å². The smallest absolute Gasteiger partial charge is 0.234 e. The van der Waals surface area contributed by atoms with E-state index in [0.717, 1.165) is 65.1 Å². The van der Waals surface area contributed by atoms with Gasteiger partial charge in [-0.15, -0.1) is 0 Å². The fourth-order valence-corrected chi connectivity index (χ4v) is 9.18. The van der Waals surface area contributed by atoms with Gasteiger partial charge in [-0.1, -0.05) is 70.5 Å². The normalized spacial score (nSPS) is 23.7. The largest absolute Gasteiger partial charge is 0.507 e. The summed E-state index contributed by atoms with van der Waals surface area (Å²) in [6, 6.07) is 31.3. The van der Waals surface area contributed by atoms with Crippen molar-refractivity contribution in [2.75, 3.05) is 26.3 Å². The van der Waals surface area contributed by atoms with Crippen molar-refractivity contribution in [1.82, 2.24) is 14.8 Å². The second kappa shape index (κ2) is 15.8. The molecule has 2 amide bonds. The molecule has 3 aliphatic heterocycles. The van der Waals surface area contributed by atoms with Crippen LogP contribution in [-0.4, -0.2) is 70.2 Å². The maximum Gasteiger partial charge on any atom is 0.234 e. The molecule has 0 saturated carbocycles. The first-order chi connectivity index (χ1) is 25.9. The zero-order valence-electron chi connectivity index (χ0n) is 29.6. The molecule has 1 N–H and O–H groups in total. The average molecular weight is 775 g/mol. The van der Waals surface area contributed by atoms with Gasteiger partial charge in [0.2, 0.25) is 11.8 Å². The Kier molecular flexibility index (Phi) is 10.6. The summed E-state index contributed by atoms with van der Waals surface area (Å²) in [5.41, 5.74) is 5.96. The first-order valence-electron chi connectivity index (χ1n) is 18.7. The number of allylic oxidation sites excluding steroid dienone is 1. The number of amides is 2. The van der Waals surface area contributed by atoms with Crippen LogP contribution in [-0.2, 0) is 20.9 Å². The van der Waals surface area contributed by atoms with Crippen LogP contribution in [0.15, 0.2) is 119 Å². The van der Waals surface area contributed by atoms with Gasteiger partial charge in [0.05, 0.1) is 30.2 Å². The number of fused-ring (bicyclic) bond motifs is 3. The SMILES string of the molecule is O=C1[C@@H]2[C@@H](CC(COc3ccccc3)=C3[C@@H](CC/C(=C/c4cc(Br)ccc4O)c4ccccn4)OC[C@@H]32)C(=O)N1C1CCN(Cc2ccccc2)CC1. The number of hydrogen-bond donors (Lipinski definition) is 1. The number of phenolic OH excluding ortho intramolecular Hbond substituents is 1. The number of pyridine rings is 1. The minimum Gasteiger partial charge on any atom is -0.507 e. The molecule has 9 heteroatoms. The van der Waals surface area contributed by atoms with Crippen molar-refractivity contribution in [1.29, 1.82) is 0 Å². The molecule has 53 heavy (non-hydrogen) atoms. The number of benzene rings is 3. The lowest BCUT2D eigenvalue weighted by Gasteiger charge is -2.36. The zero-order chi connectivity index (χ0) is 36.3. The second-order valence-electron chi connectivity index (χ2n) is 14.6. The van der Waals surface area contributed by atoms with E-state index in [0.29, 0.717) is 38.0 Å². The summed E-state index contributed by atoms with van der Waals surface area (Å²) in [6.07, 6.45) is 6.87. The number of carbonyl (C=O) groups excluding carboxylic acids is 2. The van der Waals surface area contributed by atoms with E-state index in [4.69, 9.17) is 9.47 Å². The van der Waals surface area contributed by atoms with Crippen molar-refractivity contribution in [3.05, 3.63) is 136 Å². The van der Waals surface area contributed by atoms with Crippen LogP contribution < -0.4 is 4.74 Å². The number of likely N-dealkylation sites (tertiary alicyclic amines) is 2. The van der Waals surface area contributed by atoms with Crippen molar-refractivity contribution >= 4 is 39.4 Å². The molecule has 8 nitrogen and oxygen atoms in total. The third kappa shape index (κ3) is 7.61. The molecule has 3 fully saturated rings. The lowest BCUT2D eigenvalue weighted by molar-refractivity contribution is -0.144. The van der Waals surface area contributed by atoms with Gasteiger partial charge in [-0.25, -0.2) is 0 Å². The highest BCUT2D eigenvalue weighted by Crippen LogP contribution is 2.51. The lowest BCUT2D eigenvalue weighted by atomic mass is 9.69. The van der Waals surface area contributed by atoms with Crippen molar-refractivity contribution in [3.63, 3.8) is 0 Å². The molecular formula is C44H44BrN3O5. The number of para-hydroxylation sites is 1. The van der Waals surface area contributed by atoms with Gasteiger partial charge < -0.3 is 14.6 Å². The summed E-state index contributed by atoms with van der Waals surface area (Å²) in [4.78, 5) is 37.4. The fraction of sp³-hybridized carbons (Fsp3) is 0.341. The molecular weight excluding hydrogens is 730 g/mol. The molecule has 3 saturated heterocycles. The summed E-state index contributed by atoms with van der Waals surface area (Å²) in [7, 11) is 0. The molecule has 1 aromatic heterocycles. The Morgan fingerprint density at radius 3 is 2.43 bits per heavy atom. The fourth-order valence-electron chi connectivity index (χ4n) is 8.80. The number of halogens is 1. The molecule has 0 spiro atoms. The molecule has 4 aliphatic rings. The maximum atomic E-state index is 14.4. The van der Waals surface area contributed by atoms with Gasteiger partial charge >= 0.3 is 0 Å². The predicted molar refractivity (Wildman–Crippen MR) is 208 cm³/mol. The number of aromatic hydroxyl groups is 1. The Morgan fingerprint density at radius 2 is 1.68 bits per heavy atom. The monoisotopic (exact) mass is 773 g/mol.